The number of amidine groups is 1. The summed E-state index contributed by atoms with van der Waals surface area (Å²) in [6.45, 7) is 4.52. The van der Waals surface area contributed by atoms with E-state index < -0.39 is 23.8 Å². The van der Waals surface area contributed by atoms with Crippen molar-refractivity contribution in [3.8, 4) is 11.6 Å². The van der Waals surface area contributed by atoms with Crippen LogP contribution in [0.3, 0.4) is 0 Å². The zero-order chi connectivity index (χ0) is 46.0. The molecule has 2 atom stereocenters. The molecule has 0 saturated heterocycles. The Morgan fingerprint density at radius 1 is 0.667 bits per heavy atom. The molecule has 5 aromatic rings. The van der Waals surface area contributed by atoms with Gasteiger partial charge in [-0.05, 0) is 128 Å². The smallest absolute Gasteiger partial charge is 0.267 e. The molecule has 3 aliphatic rings. The number of aliphatic imine (C=N–C) groups is 1. The number of nitrogens with zero attached hydrogens (tertiary/aromatic N) is 3. The molecule has 2 unspecified atom stereocenters. The third-order valence-corrected chi connectivity index (χ3v) is 15.0. The second-order valence-corrected chi connectivity index (χ2v) is 19.5. The van der Waals surface area contributed by atoms with Gasteiger partial charge in [-0.1, -0.05) is 150 Å². The number of ketones is 1. The third kappa shape index (κ3) is 10.7. The maximum atomic E-state index is 15.3. The number of nitrogens with two attached hydrogens (primary N) is 1. The number of hydrogen-bond donors (Lipinski definition) is 2. The highest BCUT2D eigenvalue weighted by atomic mass is 16.3. The fraction of sp³-hybridized carbons (Fsp3) is 0.448. The monoisotopic (exact) mass is 887 g/mol. The number of aldehydes is 1. The lowest BCUT2D eigenvalue weighted by Gasteiger charge is -2.29. The fourth-order valence-corrected chi connectivity index (χ4v) is 11.1. The quantitative estimate of drug-likeness (QED) is 0.0458. The van der Waals surface area contributed by atoms with Crippen LogP contribution in [0.4, 0.5) is 5.69 Å². The number of unbranched alkanes of at least 4 members (excludes halogenated alkanes) is 4. The van der Waals surface area contributed by atoms with E-state index in [9.17, 15) is 14.7 Å². The molecule has 2 heterocycles. The molecular formula is C58H70N4O4. The maximum absolute atomic E-state index is 15.3. The van der Waals surface area contributed by atoms with Crippen LogP contribution in [-0.4, -0.2) is 45.6 Å². The first-order chi connectivity index (χ1) is 32.3. The van der Waals surface area contributed by atoms with Crippen molar-refractivity contribution in [3.63, 3.8) is 0 Å². The van der Waals surface area contributed by atoms with Gasteiger partial charge in [0.15, 0.2) is 5.78 Å². The van der Waals surface area contributed by atoms with Crippen LogP contribution in [0.25, 0.3) is 5.69 Å². The topological polar surface area (TPSA) is 118 Å². The van der Waals surface area contributed by atoms with Crippen LogP contribution in [0.1, 0.15) is 177 Å². The third-order valence-electron chi connectivity index (χ3n) is 15.0. The van der Waals surface area contributed by atoms with Gasteiger partial charge in [0.05, 0.1) is 22.9 Å². The molecule has 0 spiro atoms. The highest BCUT2D eigenvalue weighted by Gasteiger charge is 2.46. The Morgan fingerprint density at radius 2 is 1.15 bits per heavy atom. The summed E-state index contributed by atoms with van der Waals surface area (Å²) < 4.78 is 1.49. The molecule has 8 nitrogen and oxygen atoms in total. The van der Waals surface area contributed by atoms with E-state index in [4.69, 9.17) is 10.7 Å². The molecule has 4 aromatic carbocycles. The Balaban J connectivity index is 1.16. The van der Waals surface area contributed by atoms with E-state index in [1.807, 2.05) is 84.9 Å². The van der Waals surface area contributed by atoms with Gasteiger partial charge >= 0.3 is 0 Å². The van der Waals surface area contributed by atoms with Gasteiger partial charge in [-0.3, -0.25) is 24.0 Å². The number of hydrogen-bond acceptors (Lipinski definition) is 6. The highest BCUT2D eigenvalue weighted by molar-refractivity contribution is 6.39. The molecule has 0 radical (unpaired) electrons. The first kappa shape index (κ1) is 46.9. The summed E-state index contributed by atoms with van der Waals surface area (Å²) in [5, 5.41) is 12.6. The van der Waals surface area contributed by atoms with Gasteiger partial charge in [-0.25, -0.2) is 0 Å². The Kier molecular flexibility index (Phi) is 15.8. The minimum atomic E-state index is -1.01. The summed E-state index contributed by atoms with van der Waals surface area (Å²) >= 11 is 0. The first-order valence-electron chi connectivity index (χ1n) is 25.2. The predicted molar refractivity (Wildman–Crippen MR) is 267 cm³/mol. The molecule has 3 N–H and O–H groups in total. The van der Waals surface area contributed by atoms with Gasteiger partial charge in [-0.2, -0.15) is 0 Å². The summed E-state index contributed by atoms with van der Waals surface area (Å²) in [6, 6.07) is 33.5. The van der Waals surface area contributed by atoms with Gasteiger partial charge in [0.1, 0.15) is 23.9 Å². The minimum Gasteiger partial charge on any atom is -0.494 e. The van der Waals surface area contributed by atoms with E-state index in [-0.39, 0.29) is 35.0 Å². The molecule has 346 valence electrons. The molecule has 1 amide bonds. The lowest BCUT2D eigenvalue weighted by molar-refractivity contribution is -0.108. The van der Waals surface area contributed by atoms with Gasteiger partial charge in [0.25, 0.3) is 5.91 Å². The summed E-state index contributed by atoms with van der Waals surface area (Å²) in [6.07, 6.45) is 21.2. The van der Waals surface area contributed by atoms with Crippen molar-refractivity contribution in [2.45, 2.75) is 153 Å². The highest BCUT2D eigenvalue weighted by Crippen LogP contribution is 2.44. The summed E-state index contributed by atoms with van der Waals surface area (Å²) in [4.78, 5) is 49.6. The maximum Gasteiger partial charge on any atom is 0.267 e. The number of amides is 1. The zero-order valence-corrected chi connectivity index (χ0v) is 39.3. The number of fused-ring (bicyclic) bond motifs is 1. The van der Waals surface area contributed by atoms with E-state index in [0.717, 1.165) is 54.9 Å². The molecule has 2 saturated carbocycles. The van der Waals surface area contributed by atoms with Crippen LogP contribution in [0.2, 0.25) is 0 Å². The van der Waals surface area contributed by atoms with Crippen molar-refractivity contribution >= 4 is 29.5 Å². The first-order valence-corrected chi connectivity index (χ1v) is 25.2. The average Bonchev–Trinajstić information content (AvgIpc) is 3.82. The van der Waals surface area contributed by atoms with Crippen molar-refractivity contribution in [2.24, 2.45) is 22.6 Å². The number of anilines is 1. The van der Waals surface area contributed by atoms with Crippen molar-refractivity contribution < 1.29 is 19.5 Å². The van der Waals surface area contributed by atoms with Crippen LogP contribution >= 0.6 is 0 Å². The second kappa shape index (κ2) is 22.3. The lowest BCUT2D eigenvalue weighted by atomic mass is 9.77. The standard InChI is InChI=1S/C58H70N4O4/c1-3-5-9-15-40-21-25-44(26-22-40)46-29-33-49(34-30-46)61-54(55(64)51(59)38-43-19-13-8-14-20-43)52-53(58(61)66)56(60-48(39-63)37-42-17-11-7-12-18-42)62(57(52)65)50-35-31-47(32-36-50)45-27-23-41(24-28-45)16-10-6-4-2/h7-8,11-14,17-20,29-36,39-41,44-45,48,51,66H,3-6,9-10,15-16,21-28,37-38,59H2,1-2H3. The molecule has 2 fully saturated rings. The molecule has 8 heteroatoms. The van der Waals surface area contributed by atoms with Crippen molar-refractivity contribution in [1.29, 1.82) is 0 Å². The number of aromatic nitrogens is 1. The predicted octanol–water partition coefficient (Wildman–Crippen LogP) is 12.9. The van der Waals surface area contributed by atoms with E-state index in [0.29, 0.717) is 29.6 Å². The molecule has 1 aromatic heterocycles. The molecule has 8 rings (SSSR count). The number of rotatable bonds is 20. The summed E-state index contributed by atoms with van der Waals surface area (Å²) in [5.74, 6) is 1.37. The molecular weight excluding hydrogens is 817 g/mol. The molecule has 0 bridgehead atoms. The summed E-state index contributed by atoms with van der Waals surface area (Å²) in [5.41, 5.74) is 12.4. The number of aromatic hydroxyl groups is 1. The van der Waals surface area contributed by atoms with Crippen molar-refractivity contribution in [2.75, 3.05) is 4.90 Å². The number of benzene rings is 4. The van der Waals surface area contributed by atoms with Gasteiger partial charge in [0, 0.05) is 12.1 Å². The minimum absolute atomic E-state index is 0.0181. The summed E-state index contributed by atoms with van der Waals surface area (Å²) in [7, 11) is 0. The Morgan fingerprint density at radius 3 is 1.64 bits per heavy atom. The number of Topliss-reactive ketones (excluding diaryl/α,β-unsaturated/α-hetero) is 1. The Labute approximate surface area is 392 Å². The SMILES string of the molecule is CCCCCC1CCC(c2ccc(N3C(=O)c4c(c(O)n(-c5ccc(C6CCC(CCCCC)CC6)cc5)c4C(=O)C(N)Cc4ccccc4)C3=NC(C=O)Cc3ccccc3)cc2)CC1. The van der Waals surface area contributed by atoms with E-state index in [2.05, 4.69) is 38.1 Å². The number of carbonyl (C=O) groups excluding carboxylic acids is 3. The second-order valence-electron chi connectivity index (χ2n) is 19.5. The Hall–Kier alpha value is -5.60. The molecule has 2 aliphatic carbocycles. The lowest BCUT2D eigenvalue weighted by Crippen LogP contribution is -2.36. The normalized spacial score (nSPS) is 21.2. The van der Waals surface area contributed by atoms with E-state index in [1.165, 1.54) is 97.6 Å². The molecule has 1 aliphatic heterocycles. The van der Waals surface area contributed by atoms with E-state index in [1.54, 1.807) is 0 Å². The largest absolute Gasteiger partial charge is 0.494 e. The Bertz CT molecular complexity index is 2410. The van der Waals surface area contributed by atoms with Crippen LogP contribution in [0.15, 0.2) is 114 Å². The van der Waals surface area contributed by atoms with Gasteiger partial charge in [-0.15, -0.1) is 0 Å². The van der Waals surface area contributed by atoms with Crippen molar-refractivity contribution in [3.05, 3.63) is 148 Å². The average molecular weight is 887 g/mol. The van der Waals surface area contributed by atoms with Crippen molar-refractivity contribution in [1.82, 2.24) is 4.57 Å². The van der Waals surface area contributed by atoms with E-state index >= 15 is 4.79 Å². The zero-order valence-electron chi connectivity index (χ0n) is 39.3. The fourth-order valence-electron chi connectivity index (χ4n) is 11.1. The van der Waals surface area contributed by atoms with Crippen LogP contribution < -0.4 is 10.6 Å². The van der Waals surface area contributed by atoms with Crippen LogP contribution in [-0.2, 0) is 17.6 Å². The van der Waals surface area contributed by atoms with Crippen LogP contribution in [0.5, 0.6) is 5.88 Å². The van der Waals surface area contributed by atoms with Crippen LogP contribution in [0, 0.1) is 11.8 Å². The molecule has 66 heavy (non-hydrogen) atoms. The van der Waals surface area contributed by atoms with Gasteiger partial charge < -0.3 is 15.6 Å². The number of carbonyl (C=O) groups is 3. The van der Waals surface area contributed by atoms with Gasteiger partial charge in [0.2, 0.25) is 5.88 Å².